The molecule has 15 heavy (non-hydrogen) atoms. The standard InChI is InChI=1S/C12H22NO.Rh/c1-13-9-7-12(8-10-13)5-3-11(14-2)4-6-12;/h3-10H2,1-2H3;/q-1;. The molecular weight excluding hydrogens is 277 g/mol. The predicted octanol–water partition coefficient (Wildman–Crippen LogP) is 2.45. The number of piperidine rings is 1. The Bertz CT molecular complexity index is 180. The van der Waals surface area contributed by atoms with Gasteiger partial charge in [0.25, 0.3) is 0 Å². The number of ether oxygens (including phenoxy) is 1. The van der Waals surface area contributed by atoms with E-state index < -0.39 is 0 Å². The van der Waals surface area contributed by atoms with E-state index in [4.69, 9.17) is 4.74 Å². The molecule has 0 N–H and O–H groups in total. The monoisotopic (exact) mass is 299 g/mol. The summed E-state index contributed by atoms with van der Waals surface area (Å²) in [4.78, 5) is 2.46. The summed E-state index contributed by atoms with van der Waals surface area (Å²) >= 11 is 0. The molecule has 2 fully saturated rings. The first-order valence-electron chi connectivity index (χ1n) is 5.81. The first-order valence-corrected chi connectivity index (χ1v) is 5.81. The Labute approximate surface area is 106 Å². The molecular formula is C12H22NORh-. The second kappa shape index (κ2) is 5.75. The minimum atomic E-state index is 0. The van der Waals surface area contributed by atoms with Crippen LogP contribution in [-0.4, -0.2) is 32.1 Å². The van der Waals surface area contributed by atoms with E-state index in [0.717, 1.165) is 0 Å². The van der Waals surface area contributed by atoms with Gasteiger partial charge < -0.3 is 9.64 Å². The molecule has 1 aliphatic heterocycles. The van der Waals surface area contributed by atoms with Gasteiger partial charge in [0.2, 0.25) is 0 Å². The summed E-state index contributed by atoms with van der Waals surface area (Å²) in [7, 11) is 4.06. The molecule has 2 aliphatic rings. The van der Waals surface area contributed by atoms with Gasteiger partial charge in [-0.3, -0.25) is 0 Å². The third kappa shape index (κ3) is 3.25. The normalized spacial score (nSPS) is 27.6. The fourth-order valence-electron chi connectivity index (χ4n) is 2.86. The van der Waals surface area contributed by atoms with Gasteiger partial charge in [-0.25, -0.2) is 0 Å². The summed E-state index contributed by atoms with van der Waals surface area (Å²) in [5, 5.41) is 0. The van der Waals surface area contributed by atoms with E-state index in [1.165, 1.54) is 57.7 Å². The van der Waals surface area contributed by atoms with Gasteiger partial charge in [0.05, 0.1) is 0 Å². The fraction of sp³-hybridized carbons (Fsp3) is 0.917. The molecule has 1 saturated carbocycles. The summed E-state index contributed by atoms with van der Waals surface area (Å²) in [6.45, 7) is 2.59. The van der Waals surface area contributed by atoms with Crippen LogP contribution in [0, 0.1) is 11.5 Å². The van der Waals surface area contributed by atoms with Gasteiger partial charge in [-0.2, -0.15) is 18.9 Å². The smallest absolute Gasteiger partial charge is 0 e. The van der Waals surface area contributed by atoms with Crippen molar-refractivity contribution in [2.45, 2.75) is 38.5 Å². The number of likely N-dealkylation sites (tertiary alicyclic amines) is 1. The van der Waals surface area contributed by atoms with E-state index in [0.29, 0.717) is 5.41 Å². The predicted molar refractivity (Wildman–Crippen MR) is 57.9 cm³/mol. The van der Waals surface area contributed by atoms with E-state index in [1.807, 2.05) is 7.11 Å². The minimum absolute atomic E-state index is 0. The second-order valence-corrected chi connectivity index (χ2v) is 5.05. The van der Waals surface area contributed by atoms with Gasteiger partial charge in [-0.15, -0.1) is 0 Å². The third-order valence-corrected chi connectivity index (χ3v) is 4.20. The zero-order valence-electron chi connectivity index (χ0n) is 9.85. The van der Waals surface area contributed by atoms with E-state index >= 15 is 0 Å². The zero-order chi connectivity index (χ0) is 10.0. The minimum Gasteiger partial charge on any atom is -0.551 e. The maximum Gasteiger partial charge on any atom is 0 e. The average Bonchev–Trinajstić information content (AvgIpc) is 2.24. The molecule has 0 bridgehead atoms. The molecule has 2 rings (SSSR count). The molecule has 2 nitrogen and oxygen atoms in total. The Morgan fingerprint density at radius 1 is 1.07 bits per heavy atom. The molecule has 0 aromatic rings. The van der Waals surface area contributed by atoms with Gasteiger partial charge in [0.15, 0.2) is 0 Å². The Morgan fingerprint density at radius 3 is 2.07 bits per heavy atom. The molecule has 0 amide bonds. The van der Waals surface area contributed by atoms with Crippen LogP contribution >= 0.6 is 0 Å². The van der Waals surface area contributed by atoms with Crippen LogP contribution in [0.2, 0.25) is 0 Å². The molecule has 1 radical (unpaired) electrons. The van der Waals surface area contributed by atoms with Crippen LogP contribution in [0.4, 0.5) is 0 Å². The van der Waals surface area contributed by atoms with Crippen molar-refractivity contribution in [1.82, 2.24) is 4.90 Å². The molecule has 1 spiro atoms. The second-order valence-electron chi connectivity index (χ2n) is 5.05. The summed E-state index contributed by atoms with van der Waals surface area (Å²) < 4.78 is 5.35. The van der Waals surface area contributed by atoms with Gasteiger partial charge in [0.1, 0.15) is 0 Å². The Morgan fingerprint density at radius 2 is 1.60 bits per heavy atom. The van der Waals surface area contributed by atoms with Crippen molar-refractivity contribution in [2.75, 3.05) is 27.2 Å². The molecule has 0 atom stereocenters. The Kier molecular flexibility index (Phi) is 5.21. The zero-order valence-corrected chi connectivity index (χ0v) is 11.5. The van der Waals surface area contributed by atoms with E-state index in [1.54, 1.807) is 0 Å². The number of hydrogen-bond donors (Lipinski definition) is 0. The van der Waals surface area contributed by atoms with Gasteiger partial charge in [-0.05, 0) is 45.5 Å². The maximum atomic E-state index is 5.35. The van der Waals surface area contributed by atoms with Crippen molar-refractivity contribution in [1.29, 1.82) is 0 Å². The van der Waals surface area contributed by atoms with E-state index in [2.05, 4.69) is 11.9 Å². The number of rotatable bonds is 1. The maximum absolute atomic E-state index is 5.35. The first-order chi connectivity index (χ1) is 6.74. The molecule has 0 aromatic heterocycles. The number of hydrogen-bond acceptors (Lipinski definition) is 2. The molecule has 3 heteroatoms. The fourth-order valence-corrected chi connectivity index (χ4v) is 2.86. The van der Waals surface area contributed by atoms with Crippen LogP contribution in [0.5, 0.6) is 0 Å². The van der Waals surface area contributed by atoms with Gasteiger partial charge >= 0.3 is 0 Å². The molecule has 1 saturated heterocycles. The first kappa shape index (κ1) is 13.6. The molecule has 1 aliphatic carbocycles. The SMILES string of the molecule is CO[C-]1CCC2(CC1)CCN(C)CC2.[Rh]. The van der Waals surface area contributed by atoms with Crippen molar-refractivity contribution >= 4 is 0 Å². The van der Waals surface area contributed by atoms with Crippen molar-refractivity contribution < 1.29 is 24.2 Å². The van der Waals surface area contributed by atoms with Crippen molar-refractivity contribution in [3.63, 3.8) is 0 Å². The molecule has 1 heterocycles. The Balaban J connectivity index is 0.00000112. The quantitative estimate of drug-likeness (QED) is 0.545. The van der Waals surface area contributed by atoms with Crippen LogP contribution in [0.15, 0.2) is 0 Å². The van der Waals surface area contributed by atoms with Crippen LogP contribution in [-0.2, 0) is 24.2 Å². The van der Waals surface area contributed by atoms with Crippen molar-refractivity contribution in [3.8, 4) is 0 Å². The molecule has 0 aromatic carbocycles. The van der Waals surface area contributed by atoms with Crippen molar-refractivity contribution in [3.05, 3.63) is 6.10 Å². The van der Waals surface area contributed by atoms with Crippen molar-refractivity contribution in [2.24, 2.45) is 5.41 Å². The number of nitrogens with zero attached hydrogens (tertiary/aromatic N) is 1. The van der Waals surface area contributed by atoms with Crippen LogP contribution in [0.25, 0.3) is 0 Å². The summed E-state index contributed by atoms with van der Waals surface area (Å²) in [6.07, 6.45) is 9.28. The molecule has 91 valence electrons. The van der Waals surface area contributed by atoms with Gasteiger partial charge in [0, 0.05) is 19.5 Å². The summed E-state index contributed by atoms with van der Waals surface area (Å²) in [6, 6.07) is 0. The third-order valence-electron chi connectivity index (χ3n) is 4.20. The topological polar surface area (TPSA) is 12.5 Å². The average molecular weight is 299 g/mol. The van der Waals surface area contributed by atoms with E-state index in [-0.39, 0.29) is 19.5 Å². The van der Waals surface area contributed by atoms with E-state index in [9.17, 15) is 0 Å². The largest absolute Gasteiger partial charge is 0.551 e. The number of methoxy groups -OCH3 is 1. The van der Waals surface area contributed by atoms with Gasteiger partial charge in [-0.1, -0.05) is 12.8 Å². The van der Waals surface area contributed by atoms with Crippen LogP contribution in [0.3, 0.4) is 0 Å². The Hall–Kier alpha value is 0.543. The summed E-state index contributed by atoms with van der Waals surface area (Å²) in [5.41, 5.74) is 0.675. The molecule has 0 unspecified atom stereocenters. The van der Waals surface area contributed by atoms with Crippen LogP contribution < -0.4 is 0 Å². The summed E-state index contributed by atoms with van der Waals surface area (Å²) in [5.74, 6) is 0. The van der Waals surface area contributed by atoms with Crippen LogP contribution in [0.1, 0.15) is 38.5 Å².